The van der Waals surface area contributed by atoms with Gasteiger partial charge in [0.25, 0.3) is 0 Å². The number of hydrogen-bond donors (Lipinski definition) is 2. The van der Waals surface area contributed by atoms with Crippen LogP contribution < -0.4 is 10.5 Å². The van der Waals surface area contributed by atoms with Crippen molar-refractivity contribution in [1.29, 1.82) is 0 Å². The third-order valence-electron chi connectivity index (χ3n) is 2.51. The van der Waals surface area contributed by atoms with Gasteiger partial charge in [-0.2, -0.15) is 5.10 Å². The number of rotatable bonds is 4. The van der Waals surface area contributed by atoms with Crippen LogP contribution in [0, 0.1) is 0 Å². The first-order chi connectivity index (χ1) is 9.10. The average Bonchev–Trinajstić information content (AvgIpc) is 2.88. The predicted octanol–water partition coefficient (Wildman–Crippen LogP) is 1.77. The molecule has 0 saturated heterocycles. The molecule has 0 saturated carbocycles. The largest absolute Gasteiger partial charge is 0.497 e. The first-order valence-corrected chi connectivity index (χ1v) is 5.94. The molecule has 1 aromatic heterocycles. The zero-order valence-corrected chi connectivity index (χ0v) is 11.2. The lowest BCUT2D eigenvalue weighted by Gasteiger charge is -2.01. The number of carbonyl (C=O) groups excluding carboxylic acids is 1. The van der Waals surface area contributed by atoms with Crippen LogP contribution in [-0.2, 0) is 4.79 Å². The molecule has 2 N–H and O–H groups in total. The highest BCUT2D eigenvalue weighted by Crippen LogP contribution is 2.23. The van der Waals surface area contributed by atoms with Crippen molar-refractivity contribution in [2.24, 2.45) is 5.73 Å². The third kappa shape index (κ3) is 3.17. The minimum atomic E-state index is -0.563. The number of primary amides is 1. The van der Waals surface area contributed by atoms with E-state index in [0.717, 1.165) is 16.9 Å². The summed E-state index contributed by atoms with van der Waals surface area (Å²) in [4.78, 5) is 10.8. The van der Waals surface area contributed by atoms with Crippen molar-refractivity contribution in [3.63, 3.8) is 0 Å². The molecule has 1 heterocycles. The molecule has 19 heavy (non-hydrogen) atoms. The van der Waals surface area contributed by atoms with Crippen molar-refractivity contribution in [3.05, 3.63) is 42.7 Å². The van der Waals surface area contributed by atoms with E-state index in [0.29, 0.717) is 5.03 Å². The van der Waals surface area contributed by atoms with Crippen LogP contribution in [0.3, 0.4) is 0 Å². The van der Waals surface area contributed by atoms with E-state index in [1.54, 1.807) is 19.5 Å². The SMILES string of the molecule is COc1ccc(-c2cnn(/C(S)=C/C(N)=O)c2)cc1. The van der Waals surface area contributed by atoms with E-state index >= 15 is 0 Å². The first-order valence-electron chi connectivity index (χ1n) is 5.49. The van der Waals surface area contributed by atoms with Crippen molar-refractivity contribution >= 4 is 23.6 Å². The van der Waals surface area contributed by atoms with Crippen LogP contribution in [0.25, 0.3) is 16.2 Å². The summed E-state index contributed by atoms with van der Waals surface area (Å²) < 4.78 is 6.58. The molecular formula is C13H13N3O2S. The van der Waals surface area contributed by atoms with Gasteiger partial charge in [-0.15, -0.1) is 12.6 Å². The van der Waals surface area contributed by atoms with Gasteiger partial charge < -0.3 is 10.5 Å². The van der Waals surface area contributed by atoms with Crippen LogP contribution in [0.1, 0.15) is 0 Å². The number of benzene rings is 1. The monoisotopic (exact) mass is 275 g/mol. The zero-order valence-electron chi connectivity index (χ0n) is 10.3. The van der Waals surface area contributed by atoms with Gasteiger partial charge >= 0.3 is 0 Å². The molecule has 5 nitrogen and oxygen atoms in total. The summed E-state index contributed by atoms with van der Waals surface area (Å²) in [6.07, 6.45) is 4.66. The van der Waals surface area contributed by atoms with E-state index < -0.39 is 5.91 Å². The molecule has 2 rings (SSSR count). The number of aromatic nitrogens is 2. The summed E-state index contributed by atoms with van der Waals surface area (Å²) in [5, 5.41) is 4.49. The Morgan fingerprint density at radius 2 is 2.05 bits per heavy atom. The van der Waals surface area contributed by atoms with E-state index in [4.69, 9.17) is 10.5 Å². The Bertz CT molecular complexity index is 617. The summed E-state index contributed by atoms with van der Waals surface area (Å²) in [7, 11) is 1.62. The summed E-state index contributed by atoms with van der Waals surface area (Å²) in [6.45, 7) is 0. The number of amides is 1. The summed E-state index contributed by atoms with van der Waals surface area (Å²) in [5.41, 5.74) is 6.96. The Hall–Kier alpha value is -2.21. The van der Waals surface area contributed by atoms with Crippen molar-refractivity contribution in [3.8, 4) is 16.9 Å². The van der Waals surface area contributed by atoms with Gasteiger partial charge in [0.2, 0.25) is 5.91 Å². The van der Waals surface area contributed by atoms with E-state index in [9.17, 15) is 4.79 Å². The van der Waals surface area contributed by atoms with Crippen LogP contribution in [0.5, 0.6) is 5.75 Å². The van der Waals surface area contributed by atoms with Gasteiger partial charge in [-0.3, -0.25) is 4.79 Å². The van der Waals surface area contributed by atoms with Gasteiger partial charge in [0, 0.05) is 17.8 Å². The van der Waals surface area contributed by atoms with E-state index in [2.05, 4.69) is 17.7 Å². The van der Waals surface area contributed by atoms with Crippen molar-refractivity contribution in [2.75, 3.05) is 7.11 Å². The molecule has 0 bridgehead atoms. The molecule has 0 atom stereocenters. The number of methoxy groups -OCH3 is 1. The lowest BCUT2D eigenvalue weighted by molar-refractivity contribution is -0.113. The molecule has 0 aliphatic rings. The van der Waals surface area contributed by atoms with E-state index in [1.165, 1.54) is 10.8 Å². The maximum atomic E-state index is 10.8. The lowest BCUT2D eigenvalue weighted by atomic mass is 10.1. The van der Waals surface area contributed by atoms with E-state index in [1.807, 2.05) is 24.3 Å². The maximum Gasteiger partial charge on any atom is 0.244 e. The van der Waals surface area contributed by atoms with Crippen LogP contribution in [0.4, 0.5) is 0 Å². The molecule has 0 aliphatic heterocycles. The van der Waals surface area contributed by atoms with Crippen LogP contribution in [-0.4, -0.2) is 22.8 Å². The average molecular weight is 275 g/mol. The molecule has 0 aliphatic carbocycles. The van der Waals surface area contributed by atoms with Gasteiger partial charge in [-0.25, -0.2) is 4.68 Å². The van der Waals surface area contributed by atoms with Gasteiger partial charge in [0.1, 0.15) is 5.75 Å². The molecule has 0 fully saturated rings. The van der Waals surface area contributed by atoms with Crippen LogP contribution >= 0.6 is 12.6 Å². The van der Waals surface area contributed by atoms with Gasteiger partial charge in [0.15, 0.2) is 0 Å². The van der Waals surface area contributed by atoms with E-state index in [-0.39, 0.29) is 0 Å². The first kappa shape index (κ1) is 13.2. The van der Waals surface area contributed by atoms with Crippen molar-refractivity contribution in [1.82, 2.24) is 9.78 Å². The summed E-state index contributed by atoms with van der Waals surface area (Å²) in [6, 6.07) is 7.59. The summed E-state index contributed by atoms with van der Waals surface area (Å²) >= 11 is 4.16. The quantitative estimate of drug-likeness (QED) is 0.660. The zero-order chi connectivity index (χ0) is 13.8. The molecule has 0 unspecified atom stereocenters. The molecular weight excluding hydrogens is 262 g/mol. The highest BCUT2D eigenvalue weighted by Gasteiger charge is 2.04. The topological polar surface area (TPSA) is 70.1 Å². The highest BCUT2D eigenvalue weighted by molar-refractivity contribution is 7.90. The normalized spacial score (nSPS) is 11.4. The highest BCUT2D eigenvalue weighted by atomic mass is 32.1. The Balaban J connectivity index is 2.27. The number of nitrogens with zero attached hydrogens (tertiary/aromatic N) is 2. The number of carbonyl (C=O) groups is 1. The second kappa shape index (κ2) is 5.62. The third-order valence-corrected chi connectivity index (χ3v) is 2.85. The van der Waals surface area contributed by atoms with Crippen molar-refractivity contribution in [2.45, 2.75) is 0 Å². The molecule has 1 amide bonds. The van der Waals surface area contributed by atoms with Gasteiger partial charge in [-0.05, 0) is 17.7 Å². The lowest BCUT2D eigenvalue weighted by Crippen LogP contribution is -2.07. The Morgan fingerprint density at radius 1 is 1.37 bits per heavy atom. The molecule has 0 radical (unpaired) electrons. The fourth-order valence-corrected chi connectivity index (χ4v) is 1.81. The smallest absolute Gasteiger partial charge is 0.244 e. The van der Waals surface area contributed by atoms with Gasteiger partial charge in [-0.1, -0.05) is 12.1 Å². The second-order valence-corrected chi connectivity index (χ2v) is 4.27. The predicted molar refractivity (Wildman–Crippen MR) is 76.7 cm³/mol. The minimum Gasteiger partial charge on any atom is -0.497 e. The summed E-state index contributed by atoms with van der Waals surface area (Å²) in [5.74, 6) is 0.228. The van der Waals surface area contributed by atoms with Crippen LogP contribution in [0.15, 0.2) is 42.7 Å². The van der Waals surface area contributed by atoms with Crippen molar-refractivity contribution < 1.29 is 9.53 Å². The Kier molecular flexibility index (Phi) is 3.91. The standard InChI is InChI=1S/C13H13N3O2S/c1-18-11-4-2-9(3-5-11)10-7-15-16(8-10)13(19)6-12(14)17/h2-8,19H,1H3,(H2,14,17)/b13-6-. The maximum absolute atomic E-state index is 10.8. The minimum absolute atomic E-state index is 0.368. The number of thiol groups is 1. The second-order valence-electron chi connectivity index (χ2n) is 3.81. The number of nitrogens with two attached hydrogens (primary N) is 1. The molecule has 0 spiro atoms. The molecule has 6 heteroatoms. The number of hydrogen-bond acceptors (Lipinski definition) is 4. The molecule has 2 aromatic rings. The van der Waals surface area contributed by atoms with Gasteiger partial charge in [0.05, 0.1) is 18.3 Å². The molecule has 98 valence electrons. The Morgan fingerprint density at radius 3 is 2.63 bits per heavy atom. The fraction of sp³-hybridized carbons (Fsp3) is 0.0769. The Labute approximate surface area is 116 Å². The fourth-order valence-electron chi connectivity index (χ4n) is 1.57. The van der Waals surface area contributed by atoms with Crippen LogP contribution in [0.2, 0.25) is 0 Å². The number of ether oxygens (including phenoxy) is 1. The molecule has 1 aromatic carbocycles.